The molecule has 3 saturated heterocycles. The van der Waals surface area contributed by atoms with E-state index in [9.17, 15) is 16.8 Å². The molecule has 4 rings (SSSR count). The molecule has 0 amide bonds. The Kier molecular flexibility index (Phi) is 6.20. The molecule has 1 aromatic carbocycles. The van der Waals surface area contributed by atoms with Crippen LogP contribution in [0, 0.1) is 11.8 Å². The molecular formula is C17H26ClN3O4S2. The summed E-state index contributed by atoms with van der Waals surface area (Å²) < 4.78 is 54.7. The molecular weight excluding hydrogens is 410 g/mol. The lowest BCUT2D eigenvalue weighted by molar-refractivity contribution is 0.346. The maximum Gasteiger partial charge on any atom is 0.243 e. The van der Waals surface area contributed by atoms with Gasteiger partial charge in [0, 0.05) is 26.2 Å². The lowest BCUT2D eigenvalue weighted by Gasteiger charge is -2.26. The van der Waals surface area contributed by atoms with Crippen molar-refractivity contribution in [1.82, 2.24) is 13.9 Å². The standard InChI is InChI=1S/C17H25N3O4S2.ClH/c21-25(22,19-7-2-1-3-8-19)16-5-4-6-17(9-16)26(23,24)20-12-14-10-18-11-15(14)13-20;/h4-6,9,14-15,18H,1-3,7-8,10-13H2;1H/t14-,15+;. The summed E-state index contributed by atoms with van der Waals surface area (Å²) in [4.78, 5) is 0.144. The van der Waals surface area contributed by atoms with Crippen molar-refractivity contribution in [2.75, 3.05) is 39.3 Å². The molecule has 0 radical (unpaired) electrons. The van der Waals surface area contributed by atoms with Crippen LogP contribution >= 0.6 is 12.4 Å². The molecule has 0 spiro atoms. The quantitative estimate of drug-likeness (QED) is 0.765. The Hall–Kier alpha value is -0.710. The topological polar surface area (TPSA) is 86.8 Å². The second-order valence-electron chi connectivity index (χ2n) is 7.44. The highest BCUT2D eigenvalue weighted by atomic mass is 35.5. The number of hydrogen-bond acceptors (Lipinski definition) is 5. The van der Waals surface area contributed by atoms with Gasteiger partial charge in [-0.3, -0.25) is 0 Å². The van der Waals surface area contributed by atoms with Crippen LogP contribution in [0.5, 0.6) is 0 Å². The van der Waals surface area contributed by atoms with Crippen LogP contribution in [0.3, 0.4) is 0 Å². The van der Waals surface area contributed by atoms with Crippen LogP contribution in [0.25, 0.3) is 0 Å². The molecule has 0 saturated carbocycles. The van der Waals surface area contributed by atoms with Gasteiger partial charge < -0.3 is 5.32 Å². The van der Waals surface area contributed by atoms with Crippen molar-refractivity contribution in [3.63, 3.8) is 0 Å². The minimum Gasteiger partial charge on any atom is -0.316 e. The van der Waals surface area contributed by atoms with E-state index < -0.39 is 20.0 Å². The van der Waals surface area contributed by atoms with Crippen molar-refractivity contribution in [2.45, 2.75) is 29.1 Å². The van der Waals surface area contributed by atoms with E-state index in [0.29, 0.717) is 38.0 Å². The number of nitrogens with one attached hydrogen (secondary N) is 1. The third kappa shape index (κ3) is 3.90. The number of sulfonamides is 2. The molecule has 3 heterocycles. The lowest BCUT2D eigenvalue weighted by atomic mass is 10.0. The zero-order chi connectivity index (χ0) is 18.4. The molecule has 0 aliphatic carbocycles. The van der Waals surface area contributed by atoms with Crippen LogP contribution < -0.4 is 5.32 Å². The van der Waals surface area contributed by atoms with Gasteiger partial charge in [0.25, 0.3) is 0 Å². The van der Waals surface area contributed by atoms with Crippen LogP contribution in [-0.4, -0.2) is 64.7 Å². The summed E-state index contributed by atoms with van der Waals surface area (Å²) in [6.07, 6.45) is 2.73. The average molecular weight is 436 g/mol. The third-order valence-corrected chi connectivity index (χ3v) is 9.47. The number of nitrogens with zero attached hydrogens (tertiary/aromatic N) is 2. The number of halogens is 1. The number of benzene rings is 1. The molecule has 2 atom stereocenters. The molecule has 0 unspecified atom stereocenters. The van der Waals surface area contributed by atoms with Gasteiger partial charge in [0.15, 0.2) is 0 Å². The first kappa shape index (κ1) is 21.0. The van der Waals surface area contributed by atoms with Gasteiger partial charge in [-0.2, -0.15) is 8.61 Å². The second-order valence-corrected chi connectivity index (χ2v) is 11.3. The number of rotatable bonds is 4. The van der Waals surface area contributed by atoms with E-state index in [-0.39, 0.29) is 22.2 Å². The van der Waals surface area contributed by atoms with E-state index in [1.165, 1.54) is 32.9 Å². The van der Waals surface area contributed by atoms with Gasteiger partial charge >= 0.3 is 0 Å². The SMILES string of the molecule is Cl.O=S(=O)(c1cccc(S(=O)(=O)N2C[C@H]3CNC[C@H]3C2)c1)N1CCCCC1. The van der Waals surface area contributed by atoms with Gasteiger partial charge in [-0.25, -0.2) is 16.8 Å². The van der Waals surface area contributed by atoms with Crippen LogP contribution in [0.4, 0.5) is 0 Å². The van der Waals surface area contributed by atoms with Crippen molar-refractivity contribution >= 4 is 32.5 Å². The van der Waals surface area contributed by atoms with Crippen molar-refractivity contribution in [1.29, 1.82) is 0 Å². The summed E-state index contributed by atoms with van der Waals surface area (Å²) in [5.41, 5.74) is 0. The van der Waals surface area contributed by atoms with Gasteiger partial charge in [-0.15, -0.1) is 12.4 Å². The monoisotopic (exact) mass is 435 g/mol. The van der Waals surface area contributed by atoms with Gasteiger partial charge in [-0.05, 0) is 56.0 Å². The minimum absolute atomic E-state index is 0. The smallest absolute Gasteiger partial charge is 0.243 e. The molecule has 0 bridgehead atoms. The fourth-order valence-electron chi connectivity index (χ4n) is 4.21. The van der Waals surface area contributed by atoms with Gasteiger partial charge in [0.05, 0.1) is 9.79 Å². The van der Waals surface area contributed by atoms with Gasteiger partial charge in [0.2, 0.25) is 20.0 Å². The molecule has 10 heteroatoms. The Labute approximate surface area is 167 Å². The van der Waals surface area contributed by atoms with Crippen LogP contribution in [-0.2, 0) is 20.0 Å². The van der Waals surface area contributed by atoms with Crippen LogP contribution in [0.15, 0.2) is 34.1 Å². The Morgan fingerprint density at radius 3 is 1.89 bits per heavy atom. The highest BCUT2D eigenvalue weighted by molar-refractivity contribution is 7.90. The number of piperidine rings is 1. The summed E-state index contributed by atoms with van der Waals surface area (Å²) >= 11 is 0. The molecule has 1 aromatic rings. The highest BCUT2D eigenvalue weighted by Crippen LogP contribution is 2.31. The van der Waals surface area contributed by atoms with E-state index in [0.717, 1.165) is 32.4 Å². The van der Waals surface area contributed by atoms with Crippen molar-refractivity contribution in [3.05, 3.63) is 24.3 Å². The fraction of sp³-hybridized carbons (Fsp3) is 0.647. The third-order valence-electron chi connectivity index (χ3n) is 5.75. The minimum atomic E-state index is -3.67. The Morgan fingerprint density at radius 2 is 1.33 bits per heavy atom. The van der Waals surface area contributed by atoms with Crippen molar-refractivity contribution in [2.24, 2.45) is 11.8 Å². The van der Waals surface area contributed by atoms with E-state index in [1.807, 2.05) is 0 Å². The molecule has 3 fully saturated rings. The first-order chi connectivity index (χ1) is 12.4. The van der Waals surface area contributed by atoms with Crippen molar-refractivity contribution in [3.8, 4) is 0 Å². The van der Waals surface area contributed by atoms with E-state index >= 15 is 0 Å². The molecule has 152 valence electrons. The van der Waals surface area contributed by atoms with Crippen molar-refractivity contribution < 1.29 is 16.8 Å². The largest absolute Gasteiger partial charge is 0.316 e. The van der Waals surface area contributed by atoms with Crippen LogP contribution in [0.2, 0.25) is 0 Å². The Balaban J connectivity index is 0.00000210. The maximum absolute atomic E-state index is 13.0. The molecule has 3 aliphatic heterocycles. The van der Waals surface area contributed by atoms with E-state index in [4.69, 9.17) is 0 Å². The summed E-state index contributed by atoms with van der Waals surface area (Å²) in [6.45, 7) is 3.70. The maximum atomic E-state index is 13.0. The summed E-state index contributed by atoms with van der Waals surface area (Å²) in [7, 11) is -7.31. The first-order valence-corrected chi connectivity index (χ1v) is 12.1. The molecule has 27 heavy (non-hydrogen) atoms. The molecule has 1 N–H and O–H groups in total. The summed E-state index contributed by atoms with van der Waals surface area (Å²) in [5, 5.41) is 3.30. The van der Waals surface area contributed by atoms with Gasteiger partial charge in [-0.1, -0.05) is 12.5 Å². The zero-order valence-electron chi connectivity index (χ0n) is 15.1. The predicted octanol–water partition coefficient (Wildman–Crippen LogP) is 1.12. The predicted molar refractivity (Wildman–Crippen MR) is 105 cm³/mol. The van der Waals surface area contributed by atoms with E-state index in [1.54, 1.807) is 0 Å². The van der Waals surface area contributed by atoms with Crippen LogP contribution in [0.1, 0.15) is 19.3 Å². The second kappa shape index (κ2) is 7.96. The zero-order valence-corrected chi connectivity index (χ0v) is 17.5. The number of hydrogen-bond donors (Lipinski definition) is 1. The summed E-state index contributed by atoms with van der Waals surface area (Å²) in [6, 6.07) is 5.84. The molecule has 7 nitrogen and oxygen atoms in total. The first-order valence-electron chi connectivity index (χ1n) is 9.20. The van der Waals surface area contributed by atoms with Gasteiger partial charge in [0.1, 0.15) is 0 Å². The Morgan fingerprint density at radius 1 is 0.815 bits per heavy atom. The summed E-state index contributed by atoms with van der Waals surface area (Å²) in [5.74, 6) is 0.704. The highest BCUT2D eigenvalue weighted by Gasteiger charge is 2.41. The molecule has 3 aliphatic rings. The fourth-order valence-corrected chi connectivity index (χ4v) is 7.45. The Bertz CT molecular complexity index is 873. The normalized spacial score (nSPS) is 27.3. The van der Waals surface area contributed by atoms with E-state index in [2.05, 4.69) is 5.32 Å². The lowest BCUT2D eigenvalue weighted by Crippen LogP contribution is -2.36. The molecule has 0 aromatic heterocycles. The number of fused-ring (bicyclic) bond motifs is 1. The average Bonchev–Trinajstić information content (AvgIpc) is 3.25.